The van der Waals surface area contributed by atoms with E-state index in [1.54, 1.807) is 0 Å². The van der Waals surface area contributed by atoms with Gasteiger partial charge in [0.15, 0.2) is 0 Å². The van der Waals surface area contributed by atoms with Gasteiger partial charge in [-0.3, -0.25) is 4.99 Å². The fourth-order valence-electron chi connectivity index (χ4n) is 0.725. The van der Waals surface area contributed by atoms with Crippen LogP contribution in [0.5, 0.6) is 0 Å². The van der Waals surface area contributed by atoms with Crippen LogP contribution in [0.15, 0.2) is 10.1 Å². The maximum absolute atomic E-state index is 5.09. The normalized spacial score (nSPS) is 16.2. The molecule has 6 heteroatoms. The number of nitrogens with zero attached hydrogens (tertiary/aromatic N) is 2. The molecular weight excluding hydrogens is 144 g/mol. The van der Waals surface area contributed by atoms with E-state index in [9.17, 15) is 0 Å². The van der Waals surface area contributed by atoms with Gasteiger partial charge in [-0.1, -0.05) is 0 Å². The summed E-state index contributed by atoms with van der Waals surface area (Å²) in [7, 11) is 0. The second-order valence-corrected chi connectivity index (χ2v) is 2.16. The molecule has 0 spiro atoms. The predicted molar refractivity (Wildman–Crippen MR) is 43.9 cm³/mol. The van der Waals surface area contributed by atoms with Crippen molar-refractivity contribution in [1.82, 2.24) is 10.7 Å². The Morgan fingerprint density at radius 2 is 2.45 bits per heavy atom. The summed E-state index contributed by atoms with van der Waals surface area (Å²) in [5.41, 5.74) is 12.8. The van der Waals surface area contributed by atoms with Crippen LogP contribution < -0.4 is 22.2 Å². The van der Waals surface area contributed by atoms with Crippen LogP contribution in [0.2, 0.25) is 0 Å². The zero-order valence-electron chi connectivity index (χ0n) is 6.17. The average molecular weight is 156 g/mol. The molecule has 1 rings (SSSR count). The summed E-state index contributed by atoms with van der Waals surface area (Å²) >= 11 is 0. The smallest absolute Gasteiger partial charge is 0.212 e. The van der Waals surface area contributed by atoms with E-state index in [0.717, 1.165) is 19.5 Å². The third-order valence-electron chi connectivity index (χ3n) is 1.19. The van der Waals surface area contributed by atoms with Crippen LogP contribution in [0.25, 0.3) is 0 Å². The van der Waals surface area contributed by atoms with Gasteiger partial charge in [0.1, 0.15) is 0 Å². The molecule has 0 aromatic heterocycles. The van der Waals surface area contributed by atoms with Gasteiger partial charge >= 0.3 is 0 Å². The Morgan fingerprint density at radius 1 is 1.64 bits per heavy atom. The fraction of sp³-hybridized carbons (Fsp3) is 0.600. The van der Waals surface area contributed by atoms with Crippen molar-refractivity contribution in [2.45, 2.75) is 6.42 Å². The first-order valence-corrected chi connectivity index (χ1v) is 3.42. The van der Waals surface area contributed by atoms with E-state index in [4.69, 9.17) is 11.5 Å². The van der Waals surface area contributed by atoms with Gasteiger partial charge < -0.3 is 16.8 Å². The van der Waals surface area contributed by atoms with E-state index in [2.05, 4.69) is 20.8 Å². The SMILES string of the molecule is NC(N)=NNC1=NCCCN1. The van der Waals surface area contributed by atoms with Crippen LogP contribution in [-0.2, 0) is 0 Å². The highest BCUT2D eigenvalue weighted by Gasteiger charge is 2.00. The van der Waals surface area contributed by atoms with E-state index in [0.29, 0.717) is 5.96 Å². The number of hydrazone groups is 1. The third-order valence-corrected chi connectivity index (χ3v) is 1.19. The highest BCUT2D eigenvalue weighted by atomic mass is 15.4. The van der Waals surface area contributed by atoms with Crippen LogP contribution in [0.4, 0.5) is 0 Å². The van der Waals surface area contributed by atoms with Crippen molar-refractivity contribution >= 4 is 11.9 Å². The molecule has 1 heterocycles. The van der Waals surface area contributed by atoms with E-state index >= 15 is 0 Å². The molecular formula is C5H12N6. The minimum absolute atomic E-state index is 0.0000680. The molecule has 0 fully saturated rings. The molecule has 0 unspecified atom stereocenters. The monoisotopic (exact) mass is 156 g/mol. The van der Waals surface area contributed by atoms with Crippen molar-refractivity contribution in [2.75, 3.05) is 13.1 Å². The Labute approximate surface area is 64.7 Å². The number of hydrogen-bond acceptors (Lipinski definition) is 4. The van der Waals surface area contributed by atoms with Crippen molar-refractivity contribution in [2.24, 2.45) is 21.6 Å². The Morgan fingerprint density at radius 3 is 3.00 bits per heavy atom. The molecule has 0 aliphatic carbocycles. The number of nitrogens with one attached hydrogen (secondary N) is 2. The third kappa shape index (κ3) is 2.74. The lowest BCUT2D eigenvalue weighted by Crippen LogP contribution is -2.40. The highest BCUT2D eigenvalue weighted by molar-refractivity contribution is 5.83. The number of rotatable bonds is 1. The lowest BCUT2D eigenvalue weighted by Gasteiger charge is -2.12. The minimum Gasteiger partial charge on any atom is -0.369 e. The summed E-state index contributed by atoms with van der Waals surface area (Å²) in [6.45, 7) is 1.72. The molecule has 6 nitrogen and oxygen atoms in total. The Balaban J connectivity index is 2.36. The van der Waals surface area contributed by atoms with E-state index in [1.807, 2.05) is 0 Å². The van der Waals surface area contributed by atoms with Gasteiger partial charge in [0, 0.05) is 13.1 Å². The molecule has 0 aromatic carbocycles. The molecule has 62 valence electrons. The van der Waals surface area contributed by atoms with E-state index in [-0.39, 0.29) is 5.96 Å². The standard InChI is InChI=1S/C5H12N6/c6-4(7)10-11-5-8-2-1-3-9-5/h1-3H2,(H4,6,7,10)(H2,8,9,11). The maximum atomic E-state index is 5.09. The Kier molecular flexibility index (Phi) is 2.53. The second-order valence-electron chi connectivity index (χ2n) is 2.16. The van der Waals surface area contributed by atoms with Gasteiger partial charge in [-0.25, -0.2) is 5.43 Å². The number of hydrogen-bond donors (Lipinski definition) is 4. The molecule has 0 radical (unpaired) electrons. The molecule has 1 aliphatic heterocycles. The van der Waals surface area contributed by atoms with Gasteiger partial charge in [0.2, 0.25) is 11.9 Å². The van der Waals surface area contributed by atoms with Crippen LogP contribution in [0, 0.1) is 0 Å². The molecule has 11 heavy (non-hydrogen) atoms. The van der Waals surface area contributed by atoms with Crippen LogP contribution >= 0.6 is 0 Å². The summed E-state index contributed by atoms with van der Waals surface area (Å²) in [5, 5.41) is 6.57. The second kappa shape index (κ2) is 3.65. The topological polar surface area (TPSA) is 101 Å². The van der Waals surface area contributed by atoms with Gasteiger partial charge in [-0.15, -0.1) is 5.10 Å². The van der Waals surface area contributed by atoms with Crippen molar-refractivity contribution in [3.05, 3.63) is 0 Å². The summed E-state index contributed by atoms with van der Waals surface area (Å²) in [6, 6.07) is 0. The first-order chi connectivity index (χ1) is 5.29. The van der Waals surface area contributed by atoms with Crippen LogP contribution in [-0.4, -0.2) is 25.0 Å². The lowest BCUT2D eigenvalue weighted by molar-refractivity contribution is 0.711. The quantitative estimate of drug-likeness (QED) is 0.203. The van der Waals surface area contributed by atoms with Gasteiger partial charge in [-0.2, -0.15) is 0 Å². The zero-order chi connectivity index (χ0) is 8.10. The Hall–Kier alpha value is -1.46. The first kappa shape index (κ1) is 7.64. The number of nitrogens with two attached hydrogens (primary N) is 2. The first-order valence-electron chi connectivity index (χ1n) is 3.42. The van der Waals surface area contributed by atoms with Crippen molar-refractivity contribution in [3.8, 4) is 0 Å². The largest absolute Gasteiger partial charge is 0.369 e. The van der Waals surface area contributed by atoms with E-state index in [1.165, 1.54) is 0 Å². The van der Waals surface area contributed by atoms with Crippen molar-refractivity contribution in [1.29, 1.82) is 0 Å². The predicted octanol–water partition coefficient (Wildman–Crippen LogP) is -1.89. The highest BCUT2D eigenvalue weighted by Crippen LogP contribution is 1.85. The Bertz CT molecular complexity index is 179. The van der Waals surface area contributed by atoms with Crippen molar-refractivity contribution < 1.29 is 0 Å². The van der Waals surface area contributed by atoms with E-state index < -0.39 is 0 Å². The number of aliphatic imine (C=N–C) groups is 1. The molecule has 1 aliphatic rings. The summed E-state index contributed by atoms with van der Waals surface area (Å²) in [5.74, 6) is 0.629. The summed E-state index contributed by atoms with van der Waals surface area (Å²) < 4.78 is 0. The molecule has 0 saturated carbocycles. The summed E-state index contributed by atoms with van der Waals surface area (Å²) in [6.07, 6.45) is 1.05. The molecule has 0 amide bonds. The van der Waals surface area contributed by atoms with Crippen LogP contribution in [0.3, 0.4) is 0 Å². The minimum atomic E-state index is 0.0000680. The lowest BCUT2D eigenvalue weighted by atomic mass is 10.4. The molecule has 0 atom stereocenters. The molecule has 6 N–H and O–H groups in total. The van der Waals surface area contributed by atoms with Gasteiger partial charge in [0.25, 0.3) is 0 Å². The van der Waals surface area contributed by atoms with Gasteiger partial charge in [0.05, 0.1) is 0 Å². The maximum Gasteiger partial charge on any atom is 0.212 e. The molecule has 0 aromatic rings. The summed E-state index contributed by atoms with van der Waals surface area (Å²) in [4.78, 5) is 4.08. The average Bonchev–Trinajstić information content (AvgIpc) is 2.03. The van der Waals surface area contributed by atoms with Crippen molar-refractivity contribution in [3.63, 3.8) is 0 Å². The van der Waals surface area contributed by atoms with Crippen LogP contribution in [0.1, 0.15) is 6.42 Å². The van der Waals surface area contributed by atoms with Gasteiger partial charge in [-0.05, 0) is 6.42 Å². The molecule has 0 saturated heterocycles. The molecule has 0 bridgehead atoms. The zero-order valence-corrected chi connectivity index (χ0v) is 6.17. The number of guanidine groups is 2. The fourth-order valence-corrected chi connectivity index (χ4v) is 0.725.